The number of hydrogen-bond donors (Lipinski definition) is 2. The topological polar surface area (TPSA) is 68.2 Å². The van der Waals surface area contributed by atoms with E-state index in [2.05, 4.69) is 33.7 Å². The standard InChI is InChI=1S/C19H22N4O/c1-23(18-6-3-2-4-7-18)13-5-12-21-19(24)15-22-17-10-8-16(14-20)9-11-17/h2-4,6-11,22H,5,12-13,15H2,1H3,(H,21,24). The van der Waals surface area contributed by atoms with Crippen molar-refractivity contribution in [3.63, 3.8) is 0 Å². The maximum atomic E-state index is 11.8. The fraction of sp³-hybridized carbons (Fsp3) is 0.263. The van der Waals surface area contributed by atoms with Crippen LogP contribution in [0.2, 0.25) is 0 Å². The van der Waals surface area contributed by atoms with Gasteiger partial charge in [-0.05, 0) is 42.8 Å². The molecule has 1 amide bonds. The second-order valence-corrected chi connectivity index (χ2v) is 5.50. The molecule has 5 heteroatoms. The van der Waals surface area contributed by atoms with Crippen molar-refractivity contribution in [2.75, 3.05) is 36.9 Å². The quantitative estimate of drug-likeness (QED) is 0.733. The third-order valence-electron chi connectivity index (χ3n) is 3.66. The Hall–Kier alpha value is -3.00. The molecule has 5 nitrogen and oxygen atoms in total. The van der Waals surface area contributed by atoms with E-state index in [0.29, 0.717) is 12.1 Å². The number of rotatable bonds is 8. The van der Waals surface area contributed by atoms with E-state index in [1.54, 1.807) is 24.3 Å². The fourth-order valence-electron chi connectivity index (χ4n) is 2.26. The van der Waals surface area contributed by atoms with Crippen molar-refractivity contribution in [2.45, 2.75) is 6.42 Å². The Morgan fingerprint density at radius 2 is 1.83 bits per heavy atom. The molecule has 0 heterocycles. The molecule has 2 aromatic carbocycles. The van der Waals surface area contributed by atoms with Gasteiger partial charge in [0.1, 0.15) is 0 Å². The van der Waals surface area contributed by atoms with Crippen molar-refractivity contribution in [3.8, 4) is 6.07 Å². The first-order valence-electron chi connectivity index (χ1n) is 7.96. The molecule has 0 fully saturated rings. The number of carbonyl (C=O) groups is 1. The Labute approximate surface area is 142 Å². The summed E-state index contributed by atoms with van der Waals surface area (Å²) in [5.74, 6) is -0.0401. The van der Waals surface area contributed by atoms with Gasteiger partial charge in [-0.25, -0.2) is 0 Å². The number of nitrogens with one attached hydrogen (secondary N) is 2. The van der Waals surface area contributed by atoms with Crippen molar-refractivity contribution in [1.82, 2.24) is 5.32 Å². The van der Waals surface area contributed by atoms with Crippen LogP contribution in [0, 0.1) is 11.3 Å². The van der Waals surface area contributed by atoms with E-state index < -0.39 is 0 Å². The minimum absolute atomic E-state index is 0.0401. The second kappa shape index (κ2) is 9.21. The number of nitrogens with zero attached hydrogens (tertiary/aromatic N) is 2. The van der Waals surface area contributed by atoms with E-state index in [1.165, 1.54) is 5.69 Å². The predicted molar refractivity (Wildman–Crippen MR) is 97.0 cm³/mol. The van der Waals surface area contributed by atoms with E-state index >= 15 is 0 Å². The highest BCUT2D eigenvalue weighted by atomic mass is 16.1. The number of carbonyl (C=O) groups excluding carboxylic acids is 1. The van der Waals surface area contributed by atoms with Gasteiger partial charge in [-0.15, -0.1) is 0 Å². The molecule has 0 saturated heterocycles. The first kappa shape index (κ1) is 17.4. The molecule has 0 aliphatic rings. The summed E-state index contributed by atoms with van der Waals surface area (Å²) in [6.45, 7) is 1.75. The largest absolute Gasteiger partial charge is 0.376 e. The van der Waals surface area contributed by atoms with Crippen LogP contribution in [0.15, 0.2) is 54.6 Å². The second-order valence-electron chi connectivity index (χ2n) is 5.50. The van der Waals surface area contributed by atoms with Crippen LogP contribution in [0.4, 0.5) is 11.4 Å². The van der Waals surface area contributed by atoms with Crippen LogP contribution in [0.5, 0.6) is 0 Å². The average Bonchev–Trinajstić information content (AvgIpc) is 2.64. The number of amides is 1. The molecular formula is C19H22N4O. The lowest BCUT2D eigenvalue weighted by molar-refractivity contribution is -0.119. The van der Waals surface area contributed by atoms with Crippen LogP contribution in [-0.2, 0) is 4.79 Å². The lowest BCUT2D eigenvalue weighted by Crippen LogP contribution is -2.32. The van der Waals surface area contributed by atoms with Gasteiger partial charge >= 0.3 is 0 Å². The number of hydrogen-bond acceptors (Lipinski definition) is 4. The SMILES string of the molecule is CN(CCCNC(=O)CNc1ccc(C#N)cc1)c1ccccc1. The zero-order chi connectivity index (χ0) is 17.2. The third kappa shape index (κ3) is 5.65. The van der Waals surface area contributed by atoms with Gasteiger partial charge in [-0.2, -0.15) is 5.26 Å². The Morgan fingerprint density at radius 1 is 1.12 bits per heavy atom. The van der Waals surface area contributed by atoms with Gasteiger partial charge in [0.15, 0.2) is 0 Å². The van der Waals surface area contributed by atoms with E-state index in [-0.39, 0.29) is 12.5 Å². The van der Waals surface area contributed by atoms with Gasteiger partial charge in [-0.1, -0.05) is 18.2 Å². The molecule has 0 aromatic heterocycles. The van der Waals surface area contributed by atoms with Crippen molar-refractivity contribution in [1.29, 1.82) is 5.26 Å². The van der Waals surface area contributed by atoms with Gasteiger partial charge < -0.3 is 15.5 Å². The van der Waals surface area contributed by atoms with Gasteiger partial charge in [0.05, 0.1) is 18.2 Å². The minimum atomic E-state index is -0.0401. The number of benzene rings is 2. The maximum Gasteiger partial charge on any atom is 0.239 e. The highest BCUT2D eigenvalue weighted by Gasteiger charge is 2.02. The summed E-state index contributed by atoms with van der Waals surface area (Å²) >= 11 is 0. The van der Waals surface area contributed by atoms with Crippen LogP contribution in [-0.4, -0.2) is 32.6 Å². The molecule has 0 unspecified atom stereocenters. The molecule has 0 bridgehead atoms. The van der Waals surface area contributed by atoms with Crippen molar-refractivity contribution in [3.05, 3.63) is 60.2 Å². The van der Waals surface area contributed by atoms with Gasteiger partial charge in [0.25, 0.3) is 0 Å². The molecule has 0 aliphatic carbocycles. The molecule has 2 rings (SSSR count). The van der Waals surface area contributed by atoms with Crippen LogP contribution >= 0.6 is 0 Å². The van der Waals surface area contributed by atoms with Crippen molar-refractivity contribution >= 4 is 17.3 Å². The molecule has 0 radical (unpaired) electrons. The Morgan fingerprint density at radius 3 is 2.50 bits per heavy atom. The Bertz CT molecular complexity index is 677. The fourth-order valence-corrected chi connectivity index (χ4v) is 2.26. The van der Waals surface area contributed by atoms with E-state index in [0.717, 1.165) is 18.7 Å². The summed E-state index contributed by atoms with van der Waals surface area (Å²) in [5, 5.41) is 14.7. The van der Waals surface area contributed by atoms with E-state index in [4.69, 9.17) is 5.26 Å². The van der Waals surface area contributed by atoms with Crippen molar-refractivity contribution in [2.24, 2.45) is 0 Å². The molecular weight excluding hydrogens is 300 g/mol. The van der Waals surface area contributed by atoms with Gasteiger partial charge in [-0.3, -0.25) is 4.79 Å². The lowest BCUT2D eigenvalue weighted by Gasteiger charge is -2.19. The third-order valence-corrected chi connectivity index (χ3v) is 3.66. The van der Waals surface area contributed by atoms with Crippen LogP contribution in [0.25, 0.3) is 0 Å². The summed E-state index contributed by atoms with van der Waals surface area (Å²) in [7, 11) is 2.05. The number of anilines is 2. The summed E-state index contributed by atoms with van der Waals surface area (Å²) in [6, 6.07) is 19.3. The summed E-state index contributed by atoms with van der Waals surface area (Å²) in [6.07, 6.45) is 0.883. The molecule has 24 heavy (non-hydrogen) atoms. The maximum absolute atomic E-state index is 11.8. The highest BCUT2D eigenvalue weighted by molar-refractivity contribution is 5.80. The first-order valence-corrected chi connectivity index (χ1v) is 7.96. The first-order chi connectivity index (χ1) is 11.7. The van der Waals surface area contributed by atoms with Crippen LogP contribution in [0.1, 0.15) is 12.0 Å². The molecule has 124 valence electrons. The van der Waals surface area contributed by atoms with Gasteiger partial charge in [0.2, 0.25) is 5.91 Å². The Balaban J connectivity index is 1.62. The molecule has 0 atom stereocenters. The van der Waals surface area contributed by atoms with Crippen LogP contribution < -0.4 is 15.5 Å². The summed E-state index contributed by atoms with van der Waals surface area (Å²) < 4.78 is 0. The smallest absolute Gasteiger partial charge is 0.239 e. The molecule has 2 N–H and O–H groups in total. The summed E-state index contributed by atoms with van der Waals surface area (Å²) in [5.41, 5.74) is 2.60. The van der Waals surface area contributed by atoms with E-state index in [9.17, 15) is 4.79 Å². The minimum Gasteiger partial charge on any atom is -0.376 e. The lowest BCUT2D eigenvalue weighted by atomic mass is 10.2. The van der Waals surface area contributed by atoms with E-state index in [1.807, 2.05) is 25.2 Å². The Kier molecular flexibility index (Phi) is 6.66. The molecule has 0 spiro atoms. The monoisotopic (exact) mass is 322 g/mol. The molecule has 2 aromatic rings. The normalized spacial score (nSPS) is 9.83. The number of nitriles is 1. The average molecular weight is 322 g/mol. The zero-order valence-electron chi connectivity index (χ0n) is 13.8. The zero-order valence-corrected chi connectivity index (χ0v) is 13.8. The molecule has 0 aliphatic heterocycles. The predicted octanol–water partition coefficient (Wildman–Crippen LogP) is 2.61. The molecule has 0 saturated carbocycles. The number of para-hydroxylation sites is 1. The van der Waals surface area contributed by atoms with Crippen molar-refractivity contribution < 1.29 is 4.79 Å². The van der Waals surface area contributed by atoms with Gasteiger partial charge in [0, 0.05) is 31.5 Å². The highest BCUT2D eigenvalue weighted by Crippen LogP contribution is 2.10. The summed E-state index contributed by atoms with van der Waals surface area (Å²) in [4.78, 5) is 14.0. The van der Waals surface area contributed by atoms with Crippen LogP contribution in [0.3, 0.4) is 0 Å².